The number of rotatable bonds is 6. The molecule has 1 atom stereocenters. The molecule has 0 saturated heterocycles. The van der Waals surface area contributed by atoms with Gasteiger partial charge in [-0.25, -0.2) is 0 Å². The Labute approximate surface area is 141 Å². The molecule has 0 spiro atoms. The Bertz CT molecular complexity index is 661. The topological polar surface area (TPSA) is 38.8 Å². The summed E-state index contributed by atoms with van der Waals surface area (Å²) in [5.74, 6) is 1.25. The van der Waals surface area contributed by atoms with E-state index in [1.54, 1.807) is 44.2 Å². The second kappa shape index (κ2) is 7.88. The molecule has 122 valence electrons. The molecule has 0 radical (unpaired) electrons. The summed E-state index contributed by atoms with van der Waals surface area (Å²) < 4.78 is 11.0. The van der Waals surface area contributed by atoms with E-state index < -0.39 is 6.10 Å². The van der Waals surface area contributed by atoms with Crippen molar-refractivity contribution in [2.24, 2.45) is 0 Å². The summed E-state index contributed by atoms with van der Waals surface area (Å²) in [7, 11) is 3.32. The van der Waals surface area contributed by atoms with E-state index in [0.29, 0.717) is 23.1 Å². The Balaban J connectivity index is 2.03. The lowest BCUT2D eigenvalue weighted by atomic mass is 10.2. The van der Waals surface area contributed by atoms with Gasteiger partial charge in [0.2, 0.25) is 0 Å². The summed E-state index contributed by atoms with van der Waals surface area (Å²) in [6.07, 6.45) is -0.576. The average Bonchev–Trinajstić information content (AvgIpc) is 2.55. The number of likely N-dealkylation sites (N-methyl/N-ethyl adjacent to an activating group) is 1. The molecular formula is C18H20ClNO3. The van der Waals surface area contributed by atoms with Crippen LogP contribution in [0.5, 0.6) is 11.5 Å². The van der Waals surface area contributed by atoms with Gasteiger partial charge in [-0.15, -0.1) is 0 Å². The minimum absolute atomic E-state index is 0.115. The van der Waals surface area contributed by atoms with Crippen LogP contribution in [0.1, 0.15) is 12.5 Å². The fourth-order valence-electron chi connectivity index (χ4n) is 2.27. The van der Waals surface area contributed by atoms with Crippen LogP contribution in [0.2, 0.25) is 5.02 Å². The first-order valence-electron chi connectivity index (χ1n) is 7.30. The Morgan fingerprint density at radius 1 is 1.22 bits per heavy atom. The Hall–Kier alpha value is -2.20. The number of carbonyl (C=O) groups is 1. The van der Waals surface area contributed by atoms with Crippen molar-refractivity contribution in [3.05, 3.63) is 59.1 Å². The van der Waals surface area contributed by atoms with Crippen LogP contribution in [-0.4, -0.2) is 31.1 Å². The van der Waals surface area contributed by atoms with E-state index in [2.05, 4.69) is 0 Å². The third kappa shape index (κ3) is 4.63. The number of amides is 1. The molecular weight excluding hydrogens is 314 g/mol. The van der Waals surface area contributed by atoms with Gasteiger partial charge >= 0.3 is 0 Å². The molecule has 0 aliphatic heterocycles. The predicted octanol–water partition coefficient (Wildman–Crippen LogP) is 3.77. The van der Waals surface area contributed by atoms with Gasteiger partial charge in [0.1, 0.15) is 11.5 Å². The maximum Gasteiger partial charge on any atom is 0.263 e. The highest BCUT2D eigenvalue weighted by atomic mass is 35.5. The average molecular weight is 334 g/mol. The number of methoxy groups -OCH3 is 1. The molecule has 0 saturated carbocycles. The van der Waals surface area contributed by atoms with E-state index in [0.717, 1.165) is 5.56 Å². The van der Waals surface area contributed by atoms with Crippen molar-refractivity contribution in [3.8, 4) is 11.5 Å². The van der Waals surface area contributed by atoms with Gasteiger partial charge in [0.05, 0.1) is 7.11 Å². The molecule has 2 aromatic rings. The first-order valence-corrected chi connectivity index (χ1v) is 7.68. The van der Waals surface area contributed by atoms with Gasteiger partial charge in [-0.05, 0) is 37.3 Å². The standard InChI is InChI=1S/C18H20ClNO3/c1-13(23-16-7-5-4-6-8-16)18(21)20(2)12-14-11-15(19)9-10-17(14)22-3/h4-11,13H,12H2,1-3H3. The summed E-state index contributed by atoms with van der Waals surface area (Å²) in [5, 5.41) is 0.607. The molecule has 0 aliphatic rings. The Morgan fingerprint density at radius 2 is 1.91 bits per heavy atom. The largest absolute Gasteiger partial charge is 0.496 e. The van der Waals surface area contributed by atoms with Crippen LogP contribution < -0.4 is 9.47 Å². The van der Waals surface area contributed by atoms with Gasteiger partial charge in [-0.2, -0.15) is 0 Å². The summed E-state index contributed by atoms with van der Waals surface area (Å²) in [6.45, 7) is 2.13. The van der Waals surface area contributed by atoms with E-state index in [1.807, 2.05) is 30.3 Å². The van der Waals surface area contributed by atoms with Crippen LogP contribution in [0.4, 0.5) is 0 Å². The highest BCUT2D eigenvalue weighted by molar-refractivity contribution is 6.30. The van der Waals surface area contributed by atoms with E-state index in [1.165, 1.54) is 0 Å². The third-order valence-electron chi connectivity index (χ3n) is 3.43. The summed E-state index contributed by atoms with van der Waals surface area (Å²) >= 11 is 6.02. The summed E-state index contributed by atoms with van der Waals surface area (Å²) in [5.41, 5.74) is 0.850. The number of benzene rings is 2. The number of carbonyl (C=O) groups excluding carboxylic acids is 1. The van der Waals surface area contributed by atoms with Crippen molar-refractivity contribution in [2.45, 2.75) is 19.6 Å². The van der Waals surface area contributed by atoms with Crippen LogP contribution in [0, 0.1) is 0 Å². The molecule has 1 amide bonds. The van der Waals surface area contributed by atoms with Crippen molar-refractivity contribution in [1.82, 2.24) is 4.90 Å². The zero-order chi connectivity index (χ0) is 16.8. The fraction of sp³-hybridized carbons (Fsp3) is 0.278. The monoisotopic (exact) mass is 333 g/mol. The van der Waals surface area contributed by atoms with Gasteiger partial charge < -0.3 is 14.4 Å². The lowest BCUT2D eigenvalue weighted by Gasteiger charge is -2.23. The van der Waals surface area contributed by atoms with Crippen LogP contribution in [0.25, 0.3) is 0 Å². The number of hydrogen-bond acceptors (Lipinski definition) is 3. The van der Waals surface area contributed by atoms with Crippen LogP contribution in [0.15, 0.2) is 48.5 Å². The van der Waals surface area contributed by atoms with Crippen molar-refractivity contribution >= 4 is 17.5 Å². The van der Waals surface area contributed by atoms with E-state index in [4.69, 9.17) is 21.1 Å². The summed E-state index contributed by atoms with van der Waals surface area (Å²) in [4.78, 5) is 14.1. The lowest BCUT2D eigenvalue weighted by Crippen LogP contribution is -2.37. The van der Waals surface area contributed by atoms with E-state index in [9.17, 15) is 4.79 Å². The summed E-state index contributed by atoms with van der Waals surface area (Å²) in [6, 6.07) is 14.6. The second-order valence-electron chi connectivity index (χ2n) is 5.22. The molecule has 0 N–H and O–H groups in total. The number of ether oxygens (including phenoxy) is 2. The van der Waals surface area contributed by atoms with Crippen LogP contribution in [0.3, 0.4) is 0 Å². The zero-order valence-corrected chi connectivity index (χ0v) is 14.2. The molecule has 0 aromatic heterocycles. The molecule has 4 nitrogen and oxygen atoms in total. The Morgan fingerprint density at radius 3 is 2.57 bits per heavy atom. The smallest absolute Gasteiger partial charge is 0.263 e. The van der Waals surface area contributed by atoms with Gasteiger partial charge in [0.25, 0.3) is 5.91 Å². The number of hydrogen-bond donors (Lipinski definition) is 0. The van der Waals surface area contributed by atoms with E-state index in [-0.39, 0.29) is 5.91 Å². The second-order valence-corrected chi connectivity index (χ2v) is 5.66. The highest BCUT2D eigenvalue weighted by Gasteiger charge is 2.20. The maximum absolute atomic E-state index is 12.5. The zero-order valence-electron chi connectivity index (χ0n) is 13.5. The van der Waals surface area contributed by atoms with Crippen molar-refractivity contribution in [3.63, 3.8) is 0 Å². The molecule has 2 rings (SSSR count). The number of halogens is 1. The quantitative estimate of drug-likeness (QED) is 0.807. The van der Waals surface area contributed by atoms with Gasteiger partial charge in [-0.1, -0.05) is 29.8 Å². The lowest BCUT2D eigenvalue weighted by molar-refractivity contribution is -0.137. The fourth-order valence-corrected chi connectivity index (χ4v) is 2.46. The third-order valence-corrected chi connectivity index (χ3v) is 3.67. The van der Waals surface area contributed by atoms with E-state index >= 15 is 0 Å². The molecule has 0 aliphatic carbocycles. The molecule has 23 heavy (non-hydrogen) atoms. The van der Waals surface area contributed by atoms with Gasteiger partial charge in [0, 0.05) is 24.2 Å². The molecule has 0 fully saturated rings. The van der Waals surface area contributed by atoms with Crippen molar-refractivity contribution < 1.29 is 14.3 Å². The predicted molar refractivity (Wildman–Crippen MR) is 91.0 cm³/mol. The first kappa shape index (κ1) is 17.2. The number of nitrogens with zero attached hydrogens (tertiary/aromatic N) is 1. The molecule has 2 aromatic carbocycles. The van der Waals surface area contributed by atoms with Crippen molar-refractivity contribution in [1.29, 1.82) is 0 Å². The SMILES string of the molecule is COc1ccc(Cl)cc1CN(C)C(=O)C(C)Oc1ccccc1. The molecule has 1 unspecified atom stereocenters. The van der Waals surface area contributed by atoms with Crippen molar-refractivity contribution in [2.75, 3.05) is 14.2 Å². The normalized spacial score (nSPS) is 11.7. The van der Waals surface area contributed by atoms with Gasteiger partial charge in [-0.3, -0.25) is 4.79 Å². The maximum atomic E-state index is 12.5. The van der Waals surface area contributed by atoms with Crippen LogP contribution in [-0.2, 0) is 11.3 Å². The van der Waals surface area contributed by atoms with Gasteiger partial charge in [0.15, 0.2) is 6.10 Å². The molecule has 0 heterocycles. The minimum Gasteiger partial charge on any atom is -0.496 e. The first-order chi connectivity index (χ1) is 11.0. The number of para-hydroxylation sites is 1. The van der Waals surface area contributed by atoms with Crippen LogP contribution >= 0.6 is 11.6 Å². The molecule has 5 heteroatoms. The minimum atomic E-state index is -0.576. The molecule has 0 bridgehead atoms. The Kier molecular flexibility index (Phi) is 5.88. The highest BCUT2D eigenvalue weighted by Crippen LogP contribution is 2.24.